The van der Waals surface area contributed by atoms with Gasteiger partial charge in [0.05, 0.1) is 33.0 Å². The van der Waals surface area contributed by atoms with Crippen LogP contribution < -0.4 is 5.32 Å². The van der Waals surface area contributed by atoms with Crippen molar-refractivity contribution in [3.05, 3.63) is 64.3 Å². The van der Waals surface area contributed by atoms with Crippen molar-refractivity contribution in [2.24, 2.45) is 10.9 Å². The molecule has 1 saturated carbocycles. The van der Waals surface area contributed by atoms with Crippen LogP contribution in [0.1, 0.15) is 24.8 Å². The van der Waals surface area contributed by atoms with Gasteiger partial charge in [0.2, 0.25) is 0 Å². The molecule has 2 heterocycles. The van der Waals surface area contributed by atoms with Crippen LogP contribution in [0, 0.1) is 5.92 Å². The number of nitrogens with one attached hydrogen (secondary N) is 1. The third kappa shape index (κ3) is 4.09. The Morgan fingerprint density at radius 1 is 1.28 bits per heavy atom. The molecule has 2 fully saturated rings. The largest absolute Gasteiger partial charge is 0.331 e. The van der Waals surface area contributed by atoms with E-state index in [1.165, 1.54) is 31.0 Å². The van der Waals surface area contributed by atoms with Crippen molar-refractivity contribution < 1.29 is 4.79 Å². The lowest BCUT2D eigenvalue weighted by Gasteiger charge is -2.04. The monoisotopic (exact) mass is 422 g/mol. The third-order valence-corrected chi connectivity index (χ3v) is 6.37. The Morgan fingerprint density at radius 2 is 2.14 bits per heavy atom. The zero-order valence-electron chi connectivity index (χ0n) is 15.6. The number of rotatable bonds is 5. The summed E-state index contributed by atoms with van der Waals surface area (Å²) in [6, 6.07) is 13.4. The number of hydrogen-bond acceptors (Lipinski definition) is 4. The van der Waals surface area contributed by atoms with Gasteiger partial charge >= 0.3 is 0 Å². The fourth-order valence-electron chi connectivity index (χ4n) is 3.35. The predicted octanol–water partition coefficient (Wildman–Crippen LogP) is 5.38. The number of aromatic nitrogens is 2. The number of carbonyl (C=O) groups excluding carboxylic acids is 1. The Hall–Kier alpha value is -2.57. The lowest BCUT2D eigenvalue weighted by atomic mass is 10.2. The predicted molar refractivity (Wildman–Crippen MR) is 119 cm³/mol. The summed E-state index contributed by atoms with van der Waals surface area (Å²) in [6.45, 7) is 0.991. The minimum atomic E-state index is -0.150. The number of hydrogen-bond donors (Lipinski definition) is 1. The molecule has 1 saturated heterocycles. The van der Waals surface area contributed by atoms with Crippen LogP contribution >= 0.6 is 23.4 Å². The van der Waals surface area contributed by atoms with Crippen molar-refractivity contribution >= 4 is 57.2 Å². The van der Waals surface area contributed by atoms with Gasteiger partial charge in [0.15, 0.2) is 5.17 Å². The standard InChI is InChI=1S/C22H19ClN4OS/c23-16-3-1-2-4-17(16)25-22-26-21(28)20(29-22)12-15-7-8-18-19(11-15)27(13-24-18)10-9-14-5-6-14/h1-4,7-8,11-14H,5-6,9-10H2,(H,25,26,28)/b20-12+. The molecule has 0 bridgehead atoms. The molecule has 5 nitrogen and oxygen atoms in total. The normalized spacial score (nSPS) is 19.4. The second-order valence-electron chi connectivity index (χ2n) is 7.35. The van der Waals surface area contributed by atoms with E-state index in [1.807, 2.05) is 42.7 Å². The zero-order valence-corrected chi connectivity index (χ0v) is 17.2. The van der Waals surface area contributed by atoms with Crippen LogP contribution in [0.4, 0.5) is 5.69 Å². The average molecular weight is 423 g/mol. The Labute approximate surface area is 177 Å². The minimum absolute atomic E-state index is 0.150. The molecule has 0 atom stereocenters. The topological polar surface area (TPSA) is 59.3 Å². The molecule has 29 heavy (non-hydrogen) atoms. The number of para-hydroxylation sites is 1. The van der Waals surface area contributed by atoms with E-state index in [-0.39, 0.29) is 5.91 Å². The molecule has 2 aromatic carbocycles. The van der Waals surface area contributed by atoms with Gasteiger partial charge in [-0.3, -0.25) is 4.79 Å². The van der Waals surface area contributed by atoms with Crippen LogP contribution in [-0.4, -0.2) is 20.6 Å². The maximum atomic E-state index is 12.4. The molecule has 1 aromatic heterocycles. The summed E-state index contributed by atoms with van der Waals surface area (Å²) < 4.78 is 2.21. The number of nitrogens with zero attached hydrogens (tertiary/aromatic N) is 3. The van der Waals surface area contributed by atoms with Gasteiger partial charge in [-0.05, 0) is 60.0 Å². The number of carbonyl (C=O) groups is 1. The molecule has 0 spiro atoms. The molecular weight excluding hydrogens is 404 g/mol. The first-order chi connectivity index (χ1) is 14.2. The Kier molecular flexibility index (Phi) is 4.89. The van der Waals surface area contributed by atoms with E-state index in [0.717, 1.165) is 29.1 Å². The quantitative estimate of drug-likeness (QED) is 0.561. The van der Waals surface area contributed by atoms with Crippen LogP contribution in [0.2, 0.25) is 5.02 Å². The third-order valence-electron chi connectivity index (χ3n) is 5.14. The van der Waals surface area contributed by atoms with Crippen LogP contribution in [0.25, 0.3) is 17.1 Å². The maximum Gasteiger partial charge on any atom is 0.264 e. The number of fused-ring (bicyclic) bond motifs is 1. The zero-order chi connectivity index (χ0) is 19.8. The summed E-state index contributed by atoms with van der Waals surface area (Å²) in [5.74, 6) is 0.732. The molecule has 1 aliphatic heterocycles. The summed E-state index contributed by atoms with van der Waals surface area (Å²) in [5.41, 5.74) is 3.70. The van der Waals surface area contributed by atoms with Gasteiger partial charge < -0.3 is 9.88 Å². The first-order valence-electron chi connectivity index (χ1n) is 9.65. The highest BCUT2D eigenvalue weighted by molar-refractivity contribution is 8.18. The number of aliphatic imine (C=N–C) groups is 1. The number of amides is 1. The minimum Gasteiger partial charge on any atom is -0.331 e. The van der Waals surface area contributed by atoms with E-state index in [2.05, 4.69) is 25.9 Å². The average Bonchev–Trinajstić information content (AvgIpc) is 3.37. The van der Waals surface area contributed by atoms with Gasteiger partial charge in [-0.15, -0.1) is 0 Å². The van der Waals surface area contributed by atoms with Gasteiger partial charge in [-0.1, -0.05) is 42.6 Å². The Morgan fingerprint density at radius 3 is 2.97 bits per heavy atom. The van der Waals surface area contributed by atoms with Gasteiger partial charge in [0.25, 0.3) is 5.91 Å². The van der Waals surface area contributed by atoms with E-state index < -0.39 is 0 Å². The fraction of sp³-hybridized carbons (Fsp3) is 0.227. The van der Waals surface area contributed by atoms with E-state index in [4.69, 9.17) is 11.6 Å². The Bertz CT molecular complexity index is 1160. The number of aryl methyl sites for hydroxylation is 1. The van der Waals surface area contributed by atoms with Crippen molar-refractivity contribution in [2.45, 2.75) is 25.8 Å². The van der Waals surface area contributed by atoms with Crippen LogP contribution in [0.3, 0.4) is 0 Å². The smallest absolute Gasteiger partial charge is 0.264 e. The van der Waals surface area contributed by atoms with Crippen molar-refractivity contribution in [2.75, 3.05) is 0 Å². The molecule has 1 amide bonds. The van der Waals surface area contributed by atoms with Crippen molar-refractivity contribution in [3.8, 4) is 0 Å². The van der Waals surface area contributed by atoms with E-state index in [1.54, 1.807) is 6.07 Å². The molecule has 1 N–H and O–H groups in total. The highest BCUT2D eigenvalue weighted by atomic mass is 35.5. The van der Waals surface area contributed by atoms with Crippen LogP contribution in [-0.2, 0) is 11.3 Å². The molecule has 3 aromatic rings. The van der Waals surface area contributed by atoms with Gasteiger partial charge in [0, 0.05) is 6.54 Å². The fourth-order valence-corrected chi connectivity index (χ4v) is 4.37. The second kappa shape index (κ2) is 7.69. The molecule has 146 valence electrons. The van der Waals surface area contributed by atoms with E-state index >= 15 is 0 Å². The summed E-state index contributed by atoms with van der Waals surface area (Å²) in [5, 5.41) is 3.90. The number of amidine groups is 1. The maximum absolute atomic E-state index is 12.4. The lowest BCUT2D eigenvalue weighted by Crippen LogP contribution is -2.19. The van der Waals surface area contributed by atoms with E-state index in [0.29, 0.717) is 20.8 Å². The second-order valence-corrected chi connectivity index (χ2v) is 8.79. The van der Waals surface area contributed by atoms with Gasteiger partial charge in [0.1, 0.15) is 0 Å². The number of benzene rings is 2. The highest BCUT2D eigenvalue weighted by Gasteiger charge is 2.24. The molecule has 1 aliphatic carbocycles. The van der Waals surface area contributed by atoms with Gasteiger partial charge in [-0.25, -0.2) is 9.98 Å². The summed E-state index contributed by atoms with van der Waals surface area (Å²) in [4.78, 5) is 22.0. The highest BCUT2D eigenvalue weighted by Crippen LogP contribution is 2.33. The number of imidazole rings is 1. The molecule has 0 unspecified atom stereocenters. The van der Waals surface area contributed by atoms with Crippen LogP contribution in [0.15, 0.2) is 58.7 Å². The Balaban J connectivity index is 1.39. The molecule has 7 heteroatoms. The van der Waals surface area contributed by atoms with Crippen LogP contribution in [0.5, 0.6) is 0 Å². The van der Waals surface area contributed by atoms with Crippen molar-refractivity contribution in [1.29, 1.82) is 0 Å². The summed E-state index contributed by atoms with van der Waals surface area (Å²) in [6.07, 6.45) is 7.72. The first-order valence-corrected chi connectivity index (χ1v) is 10.8. The van der Waals surface area contributed by atoms with E-state index in [9.17, 15) is 4.79 Å². The SMILES string of the molecule is O=C1NC(=Nc2ccccc2Cl)S/C1=C/c1ccc2ncn(CCC3CC3)c2c1. The first kappa shape index (κ1) is 18.5. The van der Waals surface area contributed by atoms with Gasteiger partial charge in [-0.2, -0.15) is 0 Å². The molecule has 2 aliphatic rings. The number of halogens is 1. The lowest BCUT2D eigenvalue weighted by molar-refractivity contribution is -0.115. The molecule has 0 radical (unpaired) electrons. The number of thioether (sulfide) groups is 1. The summed E-state index contributed by atoms with van der Waals surface area (Å²) >= 11 is 7.48. The van der Waals surface area contributed by atoms with Crippen molar-refractivity contribution in [3.63, 3.8) is 0 Å². The van der Waals surface area contributed by atoms with Crippen molar-refractivity contribution in [1.82, 2.24) is 14.9 Å². The molecule has 5 rings (SSSR count). The molecular formula is C22H19ClN4OS. The summed E-state index contributed by atoms with van der Waals surface area (Å²) in [7, 11) is 0.